The maximum absolute atomic E-state index is 12.9. The smallest absolute Gasteiger partial charge is 0.398 e. The first kappa shape index (κ1) is 32.6. The van der Waals surface area contributed by atoms with Crippen molar-refractivity contribution < 1.29 is 22.8 Å². The number of alkyl halides is 3. The second-order valence-corrected chi connectivity index (χ2v) is 9.81. The van der Waals surface area contributed by atoms with Gasteiger partial charge in [-0.1, -0.05) is 58.0 Å². The van der Waals surface area contributed by atoms with E-state index in [-0.39, 0.29) is 6.54 Å². The minimum Gasteiger partial charge on any atom is -0.398 e. The van der Waals surface area contributed by atoms with E-state index in [1.54, 1.807) is 29.6 Å². The summed E-state index contributed by atoms with van der Waals surface area (Å²) >= 11 is 0. The van der Waals surface area contributed by atoms with Crippen LogP contribution in [0, 0.1) is 5.41 Å². The first-order valence-electron chi connectivity index (χ1n) is 13.8. The third-order valence-electron chi connectivity index (χ3n) is 6.43. The predicted octanol–water partition coefficient (Wildman–Crippen LogP) is 6.36. The zero-order chi connectivity index (χ0) is 31.7. The lowest BCUT2D eigenvalue weighted by atomic mass is 10.1. The fourth-order valence-corrected chi connectivity index (χ4v) is 4.43. The normalized spacial score (nSPS) is 12.2. The number of hydrogen-bond donors (Lipinski definition) is 5. The average molecular weight is 596 g/mol. The van der Waals surface area contributed by atoms with Crippen molar-refractivity contribution in [3.63, 3.8) is 0 Å². The summed E-state index contributed by atoms with van der Waals surface area (Å²) in [5, 5.41) is 20.3. The molecule has 0 unspecified atom stereocenters. The van der Waals surface area contributed by atoms with E-state index in [4.69, 9.17) is 11.1 Å². The van der Waals surface area contributed by atoms with Crippen molar-refractivity contribution >= 4 is 46.0 Å². The van der Waals surface area contributed by atoms with Gasteiger partial charge in [0.15, 0.2) is 0 Å². The summed E-state index contributed by atoms with van der Waals surface area (Å²) in [5.41, 5.74) is 11.2. The Balaban J connectivity index is 0.000000390. The second-order valence-electron chi connectivity index (χ2n) is 9.81. The molecular weight excluding hydrogens is 559 g/mol. The molecule has 1 aromatic heterocycles. The molecule has 3 aromatic carbocycles. The van der Waals surface area contributed by atoms with Gasteiger partial charge < -0.3 is 26.7 Å². The summed E-state index contributed by atoms with van der Waals surface area (Å²) in [6, 6.07) is 18.3. The fourth-order valence-electron chi connectivity index (χ4n) is 4.43. The number of H-pyrrole nitrogens is 1. The minimum absolute atomic E-state index is 0.152. The van der Waals surface area contributed by atoms with Gasteiger partial charge in [-0.15, -0.1) is 0 Å². The van der Waals surface area contributed by atoms with E-state index < -0.39 is 31.1 Å². The van der Waals surface area contributed by atoms with Crippen LogP contribution in [0.4, 0.5) is 30.2 Å². The van der Waals surface area contributed by atoms with Crippen LogP contribution in [-0.4, -0.2) is 52.4 Å². The van der Waals surface area contributed by atoms with Gasteiger partial charge in [0.25, 0.3) is 5.91 Å². The molecule has 12 heteroatoms. The summed E-state index contributed by atoms with van der Waals surface area (Å²) < 4.78 is 36.9. The Morgan fingerprint density at radius 1 is 1.14 bits per heavy atom. The lowest BCUT2D eigenvalue weighted by Gasteiger charge is -2.16. The Kier molecular flexibility index (Phi) is 10.9. The van der Waals surface area contributed by atoms with Crippen molar-refractivity contribution in [3.8, 4) is 0 Å². The third-order valence-corrected chi connectivity index (χ3v) is 6.43. The van der Waals surface area contributed by atoms with Crippen molar-refractivity contribution in [1.82, 2.24) is 20.4 Å². The van der Waals surface area contributed by atoms with Crippen molar-refractivity contribution in [2.75, 3.05) is 24.1 Å². The molecule has 0 spiro atoms. The first-order chi connectivity index (χ1) is 20.5. The lowest BCUT2D eigenvalue weighted by molar-refractivity contribution is -0.138. The number of hydrogen-bond acceptors (Lipinski definition) is 6. The van der Waals surface area contributed by atoms with Crippen LogP contribution < -0.4 is 16.4 Å². The molecule has 6 N–H and O–H groups in total. The quantitative estimate of drug-likeness (QED) is 0.125. The molecule has 1 aliphatic rings. The number of nitrogen functional groups attached to an aromatic ring is 1. The summed E-state index contributed by atoms with van der Waals surface area (Å²) in [5.74, 6) is -0.968. The number of fused-ring (bicyclic) bond motifs is 2. The molecule has 0 radical (unpaired) electrons. The fraction of sp³-hybridized carbons (Fsp3) is 0.290. The second kappa shape index (κ2) is 14.3. The van der Waals surface area contributed by atoms with E-state index >= 15 is 0 Å². The highest BCUT2D eigenvalue weighted by atomic mass is 19.4. The maximum atomic E-state index is 12.9. The molecule has 1 aliphatic heterocycles. The van der Waals surface area contributed by atoms with Crippen molar-refractivity contribution in [3.05, 3.63) is 83.0 Å². The average Bonchev–Trinajstić information content (AvgIpc) is 3.54. The van der Waals surface area contributed by atoms with Crippen LogP contribution in [0.25, 0.3) is 10.9 Å². The number of halogens is 3. The number of rotatable bonds is 7. The number of nitrogens with one attached hydrogen (secondary N) is 4. The van der Waals surface area contributed by atoms with E-state index in [1.165, 1.54) is 11.1 Å². The van der Waals surface area contributed by atoms with Crippen molar-refractivity contribution in [2.24, 2.45) is 0 Å². The Labute approximate surface area is 248 Å². The topological polar surface area (TPSA) is 140 Å². The van der Waals surface area contributed by atoms with E-state index in [1.807, 2.05) is 50.2 Å². The zero-order valence-corrected chi connectivity index (χ0v) is 24.5. The summed E-state index contributed by atoms with van der Waals surface area (Å²) in [6.45, 7) is 6.43. The molecule has 4 aromatic rings. The highest BCUT2D eigenvalue weighted by molar-refractivity contribution is 6.05. The molecule has 0 saturated heterocycles. The SMILES string of the molecule is CC.CC(C)c1[nH]nc2cc(Nc3cccc4c3C(=O)N(CC(=O)NCC(F)(F)F)C4)ccc12.N=Cc1ccccc1N. The number of amides is 2. The molecule has 0 atom stereocenters. The zero-order valence-electron chi connectivity index (χ0n) is 24.5. The van der Waals surface area contributed by atoms with Crippen molar-refractivity contribution in [2.45, 2.75) is 46.3 Å². The highest BCUT2D eigenvalue weighted by Gasteiger charge is 2.33. The number of nitrogens with zero attached hydrogens (tertiary/aromatic N) is 2. The van der Waals surface area contributed by atoms with E-state index in [0.717, 1.165) is 27.8 Å². The molecule has 0 saturated carbocycles. The molecule has 9 nitrogen and oxygen atoms in total. The number of aromatic nitrogens is 2. The van der Waals surface area contributed by atoms with Gasteiger partial charge in [-0.05, 0) is 41.8 Å². The largest absolute Gasteiger partial charge is 0.405 e. The Hall–Kier alpha value is -4.87. The van der Waals surface area contributed by atoms with E-state index in [2.05, 4.69) is 29.4 Å². The molecule has 0 bridgehead atoms. The maximum Gasteiger partial charge on any atom is 0.405 e. The van der Waals surface area contributed by atoms with Crippen LogP contribution >= 0.6 is 0 Å². The van der Waals surface area contributed by atoms with E-state index in [9.17, 15) is 22.8 Å². The van der Waals surface area contributed by atoms with Gasteiger partial charge in [0.05, 0.1) is 16.8 Å². The number of para-hydroxylation sites is 1. The monoisotopic (exact) mass is 595 g/mol. The van der Waals surface area contributed by atoms with Gasteiger partial charge in [0, 0.05) is 40.8 Å². The van der Waals surface area contributed by atoms with Crippen LogP contribution in [0.5, 0.6) is 0 Å². The number of anilines is 3. The van der Waals surface area contributed by atoms with Gasteiger partial charge in [-0.3, -0.25) is 14.7 Å². The van der Waals surface area contributed by atoms with Crippen molar-refractivity contribution in [1.29, 1.82) is 5.41 Å². The number of nitrogens with two attached hydrogens (primary N) is 1. The van der Waals surface area contributed by atoms with E-state index in [0.29, 0.717) is 28.4 Å². The molecule has 5 rings (SSSR count). The highest BCUT2D eigenvalue weighted by Crippen LogP contribution is 2.32. The number of benzene rings is 3. The van der Waals surface area contributed by atoms with Crippen LogP contribution in [0.2, 0.25) is 0 Å². The molecule has 0 fully saturated rings. The Bertz CT molecular complexity index is 1580. The third kappa shape index (κ3) is 8.34. The molecule has 43 heavy (non-hydrogen) atoms. The number of carbonyl (C=O) groups is 2. The van der Waals surface area contributed by atoms with Crippen LogP contribution in [0.15, 0.2) is 60.7 Å². The van der Waals surface area contributed by atoms with Gasteiger partial charge in [0.2, 0.25) is 5.91 Å². The summed E-state index contributed by atoms with van der Waals surface area (Å²) in [7, 11) is 0. The lowest BCUT2D eigenvalue weighted by Crippen LogP contribution is -2.41. The predicted molar refractivity (Wildman–Crippen MR) is 164 cm³/mol. The first-order valence-corrected chi connectivity index (χ1v) is 13.8. The Morgan fingerprint density at radius 2 is 1.86 bits per heavy atom. The van der Waals surface area contributed by atoms with Gasteiger partial charge in [0.1, 0.15) is 13.1 Å². The molecule has 2 amide bonds. The molecule has 0 aliphatic carbocycles. The minimum atomic E-state index is -4.50. The van der Waals surface area contributed by atoms with Gasteiger partial charge >= 0.3 is 6.18 Å². The number of carbonyl (C=O) groups excluding carboxylic acids is 2. The molecule has 228 valence electrons. The van der Waals surface area contributed by atoms with Gasteiger partial charge in [-0.2, -0.15) is 18.3 Å². The number of aromatic amines is 1. The van der Waals surface area contributed by atoms with Crippen LogP contribution in [0.3, 0.4) is 0 Å². The molecule has 2 heterocycles. The molecular formula is C31H36F3N7O2. The standard InChI is InChI=1S/C22H22F3N5O2.C7H8N2.C2H6/c1-12(2)20-15-7-6-14(8-17(15)28-29-20)27-16-5-3-4-13-9-30(21(32)19(13)16)10-18(31)26-11-22(23,24)25;8-5-6-3-1-2-4-7(6)9;1-2/h3-8,12,27H,9-11H2,1-2H3,(H,26,31)(H,28,29);1-5,8H,9H2;1-2H3. The summed E-state index contributed by atoms with van der Waals surface area (Å²) in [4.78, 5) is 26.0. The van der Waals surface area contributed by atoms with Crippen LogP contribution in [-0.2, 0) is 11.3 Å². The van der Waals surface area contributed by atoms with Gasteiger partial charge in [-0.25, -0.2) is 0 Å². The Morgan fingerprint density at radius 3 is 2.49 bits per heavy atom. The van der Waals surface area contributed by atoms with Crippen LogP contribution in [0.1, 0.15) is 60.8 Å². The summed E-state index contributed by atoms with van der Waals surface area (Å²) in [6.07, 6.45) is -3.26.